The fourth-order valence-corrected chi connectivity index (χ4v) is 4.58. The molecule has 0 amide bonds. The van der Waals surface area contributed by atoms with Gasteiger partial charge in [-0.3, -0.25) is 4.79 Å². The Labute approximate surface area is 211 Å². The summed E-state index contributed by atoms with van der Waals surface area (Å²) >= 11 is 0. The van der Waals surface area contributed by atoms with Crippen LogP contribution < -0.4 is 15.1 Å². The SMILES string of the molecule is CCN(CC)c1ccc2cc(C=Cc3cc[n+](CCCCCC(=O)O)c4ccccc34)c(=O)oc2c1. The van der Waals surface area contributed by atoms with Crippen LogP contribution in [0.1, 0.15) is 50.7 Å². The van der Waals surface area contributed by atoms with Crippen molar-refractivity contribution in [3.05, 3.63) is 82.3 Å². The van der Waals surface area contributed by atoms with Gasteiger partial charge in [-0.15, -0.1) is 0 Å². The number of hydrogen-bond acceptors (Lipinski definition) is 4. The van der Waals surface area contributed by atoms with E-state index < -0.39 is 5.97 Å². The van der Waals surface area contributed by atoms with E-state index >= 15 is 0 Å². The Hall–Kier alpha value is -3.93. The number of unbranched alkanes of at least 4 members (excludes halogenated alkanes) is 2. The molecule has 0 bridgehead atoms. The molecule has 0 fully saturated rings. The van der Waals surface area contributed by atoms with Gasteiger partial charge in [0.05, 0.1) is 10.9 Å². The van der Waals surface area contributed by atoms with Gasteiger partial charge in [0.2, 0.25) is 5.52 Å². The Balaban J connectivity index is 1.57. The van der Waals surface area contributed by atoms with Gasteiger partial charge in [-0.1, -0.05) is 18.2 Å². The summed E-state index contributed by atoms with van der Waals surface area (Å²) in [6.07, 6.45) is 8.55. The molecule has 2 heterocycles. The zero-order valence-corrected chi connectivity index (χ0v) is 20.9. The Morgan fingerprint density at radius 1 is 0.972 bits per heavy atom. The van der Waals surface area contributed by atoms with E-state index in [0.717, 1.165) is 60.0 Å². The van der Waals surface area contributed by atoms with Gasteiger partial charge in [-0.05, 0) is 62.6 Å². The topological polar surface area (TPSA) is 74.6 Å². The fraction of sp³-hybridized carbons (Fsp3) is 0.300. The third-order valence-electron chi connectivity index (χ3n) is 6.57. The third-order valence-corrected chi connectivity index (χ3v) is 6.57. The van der Waals surface area contributed by atoms with E-state index in [2.05, 4.69) is 53.8 Å². The minimum absolute atomic E-state index is 0.217. The first kappa shape index (κ1) is 25.2. The molecule has 186 valence electrons. The molecule has 6 nitrogen and oxygen atoms in total. The summed E-state index contributed by atoms with van der Waals surface area (Å²) in [5, 5.41) is 10.8. The number of anilines is 1. The number of carbonyl (C=O) groups is 1. The van der Waals surface area contributed by atoms with Crippen molar-refractivity contribution in [2.45, 2.75) is 46.1 Å². The number of benzene rings is 2. The Bertz CT molecular complexity index is 1450. The summed E-state index contributed by atoms with van der Waals surface area (Å²) in [6, 6.07) is 18.1. The van der Waals surface area contributed by atoms with E-state index in [1.54, 1.807) is 0 Å². The van der Waals surface area contributed by atoms with Crippen molar-refractivity contribution in [3.8, 4) is 0 Å². The molecule has 0 radical (unpaired) electrons. The van der Waals surface area contributed by atoms with Crippen LogP contribution in [0.5, 0.6) is 0 Å². The summed E-state index contributed by atoms with van der Waals surface area (Å²) in [4.78, 5) is 25.7. The maximum Gasteiger partial charge on any atom is 0.343 e. The third kappa shape index (κ3) is 5.82. The number of carboxylic acids is 1. The number of aryl methyl sites for hydroxylation is 1. The van der Waals surface area contributed by atoms with E-state index in [-0.39, 0.29) is 12.0 Å². The highest BCUT2D eigenvalue weighted by molar-refractivity contribution is 5.89. The van der Waals surface area contributed by atoms with Crippen molar-refractivity contribution in [2.24, 2.45) is 0 Å². The van der Waals surface area contributed by atoms with Gasteiger partial charge < -0.3 is 14.4 Å². The molecule has 4 aromatic rings. The van der Waals surface area contributed by atoms with Crippen molar-refractivity contribution >= 4 is 45.7 Å². The van der Waals surface area contributed by atoms with Crippen LogP contribution in [0, 0.1) is 0 Å². The molecule has 0 saturated carbocycles. The van der Waals surface area contributed by atoms with E-state index in [1.165, 1.54) is 0 Å². The van der Waals surface area contributed by atoms with Gasteiger partial charge in [-0.25, -0.2) is 4.79 Å². The van der Waals surface area contributed by atoms with E-state index in [4.69, 9.17) is 9.52 Å². The minimum Gasteiger partial charge on any atom is -0.481 e. The van der Waals surface area contributed by atoms with Crippen LogP contribution in [-0.2, 0) is 11.3 Å². The van der Waals surface area contributed by atoms with Gasteiger partial charge >= 0.3 is 11.6 Å². The minimum atomic E-state index is -0.742. The summed E-state index contributed by atoms with van der Waals surface area (Å²) in [7, 11) is 0. The van der Waals surface area contributed by atoms with Crippen molar-refractivity contribution in [2.75, 3.05) is 18.0 Å². The second kappa shape index (κ2) is 11.7. The number of nitrogens with zero attached hydrogens (tertiary/aromatic N) is 2. The van der Waals surface area contributed by atoms with Crippen LogP contribution in [-0.4, -0.2) is 24.2 Å². The van der Waals surface area contributed by atoms with E-state index in [9.17, 15) is 9.59 Å². The van der Waals surface area contributed by atoms with Crippen molar-refractivity contribution in [1.82, 2.24) is 0 Å². The van der Waals surface area contributed by atoms with Gasteiger partial charge in [0.1, 0.15) is 12.1 Å². The molecule has 2 aromatic carbocycles. The number of fused-ring (bicyclic) bond motifs is 2. The Morgan fingerprint density at radius 3 is 2.53 bits per heavy atom. The quantitative estimate of drug-likeness (QED) is 0.163. The maximum absolute atomic E-state index is 12.7. The largest absolute Gasteiger partial charge is 0.481 e. The molecule has 0 unspecified atom stereocenters. The molecular formula is C30H33N2O4+. The monoisotopic (exact) mass is 485 g/mol. The maximum atomic E-state index is 12.7. The van der Waals surface area contributed by atoms with Gasteiger partial charge in [0.15, 0.2) is 6.20 Å². The molecule has 2 aromatic heterocycles. The van der Waals surface area contributed by atoms with Gasteiger partial charge in [0, 0.05) is 55.2 Å². The highest BCUT2D eigenvalue weighted by Gasteiger charge is 2.12. The number of pyridine rings is 1. The molecule has 0 spiro atoms. The number of para-hydroxylation sites is 1. The van der Waals surface area contributed by atoms with Gasteiger partial charge in [0.25, 0.3) is 0 Å². The molecule has 0 aliphatic carbocycles. The number of carboxylic acid groups (broad SMARTS) is 1. The lowest BCUT2D eigenvalue weighted by atomic mass is 10.1. The molecule has 36 heavy (non-hydrogen) atoms. The van der Waals surface area contributed by atoms with Crippen LogP contribution in [0.3, 0.4) is 0 Å². The van der Waals surface area contributed by atoms with Crippen LogP contribution in [0.2, 0.25) is 0 Å². The lowest BCUT2D eigenvalue weighted by Gasteiger charge is -2.20. The van der Waals surface area contributed by atoms with Gasteiger partial charge in [-0.2, -0.15) is 4.57 Å². The lowest BCUT2D eigenvalue weighted by Crippen LogP contribution is -2.34. The summed E-state index contributed by atoms with van der Waals surface area (Å²) in [5.74, 6) is -0.742. The first-order chi connectivity index (χ1) is 17.5. The molecule has 1 N–H and O–H groups in total. The molecule has 0 saturated heterocycles. The summed E-state index contributed by atoms with van der Waals surface area (Å²) in [6.45, 7) is 6.82. The van der Waals surface area contributed by atoms with Crippen molar-refractivity contribution < 1.29 is 18.9 Å². The summed E-state index contributed by atoms with van der Waals surface area (Å²) < 4.78 is 7.87. The number of rotatable bonds is 11. The zero-order chi connectivity index (χ0) is 25.5. The first-order valence-electron chi connectivity index (χ1n) is 12.6. The van der Waals surface area contributed by atoms with E-state index in [1.807, 2.05) is 42.5 Å². The highest BCUT2D eigenvalue weighted by atomic mass is 16.4. The second-order valence-electron chi connectivity index (χ2n) is 8.90. The van der Waals surface area contributed by atoms with E-state index in [0.29, 0.717) is 17.6 Å². The normalized spacial score (nSPS) is 11.5. The summed E-state index contributed by atoms with van der Waals surface area (Å²) in [5.41, 5.74) is 3.92. The smallest absolute Gasteiger partial charge is 0.343 e. The molecule has 0 aliphatic heterocycles. The zero-order valence-electron chi connectivity index (χ0n) is 20.9. The molecule has 6 heteroatoms. The standard InChI is InChI=1S/C30H32N2O4/c1-3-31(4-2)25-16-15-23-20-24(30(35)36-28(23)21-25)14-13-22-17-19-32(18-9-5-6-12-29(33)34)27-11-8-7-10-26(22)27/h7-8,10-11,13-17,19-21H,3-6,9,12,18H2,1-2H3/p+1. The fourth-order valence-electron chi connectivity index (χ4n) is 4.58. The van der Waals surface area contributed by atoms with Crippen LogP contribution in [0.25, 0.3) is 34.0 Å². The predicted octanol–water partition coefficient (Wildman–Crippen LogP) is 5.90. The average Bonchev–Trinajstić information content (AvgIpc) is 2.88. The molecule has 0 atom stereocenters. The number of aromatic nitrogens is 1. The Morgan fingerprint density at radius 2 is 1.75 bits per heavy atom. The van der Waals surface area contributed by atoms with Crippen molar-refractivity contribution in [1.29, 1.82) is 0 Å². The Kier molecular flexibility index (Phi) is 8.16. The average molecular weight is 486 g/mol. The van der Waals surface area contributed by atoms with Crippen LogP contribution >= 0.6 is 0 Å². The lowest BCUT2D eigenvalue weighted by molar-refractivity contribution is -0.671. The highest BCUT2D eigenvalue weighted by Crippen LogP contribution is 2.23. The number of aliphatic carboxylic acids is 1. The first-order valence-corrected chi connectivity index (χ1v) is 12.6. The van der Waals surface area contributed by atoms with Crippen molar-refractivity contribution in [3.63, 3.8) is 0 Å². The van der Waals surface area contributed by atoms with Crippen LogP contribution in [0.4, 0.5) is 5.69 Å². The molecule has 4 rings (SSSR count). The molecular weight excluding hydrogens is 452 g/mol. The number of hydrogen-bond donors (Lipinski definition) is 1. The molecule has 0 aliphatic rings. The second-order valence-corrected chi connectivity index (χ2v) is 8.90. The predicted molar refractivity (Wildman–Crippen MR) is 145 cm³/mol. The van der Waals surface area contributed by atoms with Crippen LogP contribution in [0.15, 0.2) is 70.0 Å².